The smallest absolute Gasteiger partial charge is 0.383 e. The molecule has 0 saturated carbocycles. The molecule has 7 heteroatoms. The Balaban J connectivity index is 2.63. The van der Waals surface area contributed by atoms with Gasteiger partial charge in [-0.1, -0.05) is 0 Å². The van der Waals surface area contributed by atoms with Crippen molar-refractivity contribution >= 4 is 11.6 Å². The van der Waals surface area contributed by atoms with Crippen LogP contribution in [0.1, 0.15) is 27.0 Å². The number of benzene rings is 1. The molecule has 0 saturated heterocycles. The predicted molar refractivity (Wildman–Crippen MR) is 68.2 cm³/mol. The number of hydrogen-bond donors (Lipinski definition) is 1. The van der Waals surface area contributed by atoms with Crippen LogP contribution in [0.25, 0.3) is 0 Å². The fraction of sp³-hybridized carbons (Fsp3) is 0.143. The summed E-state index contributed by atoms with van der Waals surface area (Å²) in [6.07, 6.45) is -3.40. The number of carbonyl (C=O) groups is 1. The summed E-state index contributed by atoms with van der Waals surface area (Å²) in [6, 6.07) is 3.04. The van der Waals surface area contributed by atoms with Gasteiger partial charge in [0.1, 0.15) is 11.6 Å². The first-order chi connectivity index (χ1) is 9.70. The van der Waals surface area contributed by atoms with Crippen molar-refractivity contribution in [3.63, 3.8) is 0 Å². The Labute approximate surface area is 117 Å². The number of hydrogen-bond acceptors (Lipinski definition) is 3. The topological polar surface area (TPSA) is 56.0 Å². The van der Waals surface area contributed by atoms with Crippen LogP contribution in [0.15, 0.2) is 30.5 Å². The summed E-state index contributed by atoms with van der Waals surface area (Å²) >= 11 is 0. The van der Waals surface area contributed by atoms with Gasteiger partial charge in [0.2, 0.25) is 0 Å². The van der Waals surface area contributed by atoms with Gasteiger partial charge in [-0.15, -0.1) is 0 Å². The highest BCUT2D eigenvalue weighted by atomic mass is 19.4. The molecule has 0 aliphatic rings. The molecule has 2 rings (SSSR count). The zero-order chi connectivity index (χ0) is 15.8. The third-order valence-electron chi connectivity index (χ3n) is 2.83. The summed E-state index contributed by atoms with van der Waals surface area (Å²) in [5.74, 6) is -2.16. The van der Waals surface area contributed by atoms with Crippen LogP contribution in [-0.2, 0) is 6.18 Å². The van der Waals surface area contributed by atoms with Crippen molar-refractivity contribution < 1.29 is 22.4 Å². The molecule has 2 N–H and O–H groups in total. The number of nitrogens with zero attached hydrogens (tertiary/aromatic N) is 1. The minimum atomic E-state index is -4.77. The Morgan fingerprint density at radius 1 is 1.19 bits per heavy atom. The molecular weight excluding hydrogens is 288 g/mol. The van der Waals surface area contributed by atoms with E-state index >= 15 is 0 Å². The zero-order valence-corrected chi connectivity index (χ0v) is 10.8. The first kappa shape index (κ1) is 15.0. The number of anilines is 1. The van der Waals surface area contributed by atoms with E-state index in [4.69, 9.17) is 5.73 Å². The van der Waals surface area contributed by atoms with Gasteiger partial charge < -0.3 is 5.73 Å². The fourth-order valence-electron chi connectivity index (χ4n) is 1.86. The number of halogens is 4. The second-order valence-corrected chi connectivity index (χ2v) is 4.46. The van der Waals surface area contributed by atoms with Crippen molar-refractivity contribution in [3.8, 4) is 0 Å². The largest absolute Gasteiger partial charge is 0.417 e. The molecule has 110 valence electrons. The monoisotopic (exact) mass is 298 g/mol. The molecule has 1 aromatic carbocycles. The number of carbonyl (C=O) groups excluding carboxylic acids is 1. The zero-order valence-electron chi connectivity index (χ0n) is 10.8. The normalized spacial score (nSPS) is 11.5. The molecule has 0 atom stereocenters. The Kier molecular flexibility index (Phi) is 3.67. The average molecular weight is 298 g/mol. The minimum absolute atomic E-state index is 0.189. The molecular formula is C14H10F4N2O. The average Bonchev–Trinajstić information content (AvgIpc) is 2.39. The van der Waals surface area contributed by atoms with E-state index in [0.29, 0.717) is 23.8 Å². The molecule has 1 heterocycles. The maximum atomic E-state index is 13.2. The molecule has 0 bridgehead atoms. The van der Waals surface area contributed by atoms with Gasteiger partial charge in [0.15, 0.2) is 5.78 Å². The van der Waals surface area contributed by atoms with Gasteiger partial charge in [-0.25, -0.2) is 9.37 Å². The Bertz CT molecular complexity index is 711. The Hall–Kier alpha value is -2.44. The number of rotatable bonds is 2. The van der Waals surface area contributed by atoms with Crippen molar-refractivity contribution in [3.05, 3.63) is 58.5 Å². The highest BCUT2D eigenvalue weighted by Crippen LogP contribution is 2.33. The lowest BCUT2D eigenvalue weighted by atomic mass is 9.97. The number of aryl methyl sites for hydroxylation is 1. The number of nitrogens with two attached hydrogens (primary N) is 1. The summed E-state index contributed by atoms with van der Waals surface area (Å²) in [5.41, 5.74) is 3.88. The fourth-order valence-corrected chi connectivity index (χ4v) is 1.86. The molecule has 3 nitrogen and oxygen atoms in total. The molecule has 0 aliphatic carbocycles. The second-order valence-electron chi connectivity index (χ2n) is 4.46. The molecule has 1 aromatic heterocycles. The third kappa shape index (κ3) is 3.01. The quantitative estimate of drug-likeness (QED) is 0.683. The second kappa shape index (κ2) is 5.16. The van der Waals surface area contributed by atoms with E-state index in [2.05, 4.69) is 4.98 Å². The van der Waals surface area contributed by atoms with E-state index in [1.807, 2.05) is 0 Å². The molecule has 0 amide bonds. The van der Waals surface area contributed by atoms with Gasteiger partial charge in [-0.3, -0.25) is 4.79 Å². The van der Waals surface area contributed by atoms with Crippen LogP contribution >= 0.6 is 0 Å². The van der Waals surface area contributed by atoms with Crippen LogP contribution in [0.2, 0.25) is 0 Å². The van der Waals surface area contributed by atoms with Crippen molar-refractivity contribution in [1.29, 1.82) is 0 Å². The predicted octanol–water partition coefficient (Wildman–Crippen LogP) is 3.36. The van der Waals surface area contributed by atoms with Gasteiger partial charge in [0.25, 0.3) is 0 Å². The summed E-state index contributed by atoms with van der Waals surface area (Å²) in [7, 11) is 0. The molecule has 0 fully saturated rings. The van der Waals surface area contributed by atoms with Gasteiger partial charge in [0, 0.05) is 11.8 Å². The third-order valence-corrected chi connectivity index (χ3v) is 2.83. The number of aromatic nitrogens is 1. The van der Waals surface area contributed by atoms with Crippen LogP contribution in [0, 0.1) is 12.7 Å². The Morgan fingerprint density at radius 3 is 2.48 bits per heavy atom. The lowest BCUT2D eigenvalue weighted by Gasteiger charge is -2.13. The lowest BCUT2D eigenvalue weighted by Crippen LogP contribution is -2.16. The molecule has 0 aliphatic heterocycles. The highest BCUT2D eigenvalue weighted by molar-refractivity contribution is 6.12. The van der Waals surface area contributed by atoms with Crippen LogP contribution in [-0.4, -0.2) is 10.8 Å². The molecule has 0 spiro atoms. The van der Waals surface area contributed by atoms with E-state index in [9.17, 15) is 22.4 Å². The van der Waals surface area contributed by atoms with Crippen molar-refractivity contribution in [2.75, 3.05) is 5.73 Å². The molecule has 0 radical (unpaired) electrons. The number of alkyl halides is 3. The van der Waals surface area contributed by atoms with Gasteiger partial charge in [0.05, 0.1) is 11.1 Å². The van der Waals surface area contributed by atoms with Gasteiger partial charge in [-0.05, 0) is 36.8 Å². The minimum Gasteiger partial charge on any atom is -0.383 e. The van der Waals surface area contributed by atoms with Crippen LogP contribution < -0.4 is 5.73 Å². The van der Waals surface area contributed by atoms with E-state index in [-0.39, 0.29) is 11.4 Å². The number of ketones is 1. The van der Waals surface area contributed by atoms with E-state index in [1.165, 1.54) is 12.3 Å². The van der Waals surface area contributed by atoms with Crippen LogP contribution in [0.3, 0.4) is 0 Å². The highest BCUT2D eigenvalue weighted by Gasteiger charge is 2.36. The van der Waals surface area contributed by atoms with Crippen molar-refractivity contribution in [2.45, 2.75) is 13.1 Å². The first-order valence-corrected chi connectivity index (χ1v) is 5.83. The summed E-state index contributed by atoms with van der Waals surface area (Å²) in [6.45, 7) is 1.61. The Morgan fingerprint density at radius 2 is 1.86 bits per heavy atom. The standard InChI is InChI=1S/C14H10F4N2O/c1-7-4-10(13(19)20-6-7)12(21)9-5-8(15)2-3-11(9)14(16,17)18/h2-6H,1H3,(H2,19,20). The summed E-state index contributed by atoms with van der Waals surface area (Å²) in [5, 5.41) is 0. The van der Waals surface area contributed by atoms with Crippen LogP contribution in [0.5, 0.6) is 0 Å². The van der Waals surface area contributed by atoms with E-state index in [1.54, 1.807) is 6.92 Å². The molecule has 21 heavy (non-hydrogen) atoms. The van der Waals surface area contributed by atoms with E-state index < -0.39 is 28.9 Å². The molecule has 2 aromatic rings. The maximum Gasteiger partial charge on any atom is 0.417 e. The van der Waals surface area contributed by atoms with Gasteiger partial charge >= 0.3 is 6.18 Å². The van der Waals surface area contributed by atoms with Crippen molar-refractivity contribution in [2.24, 2.45) is 0 Å². The lowest BCUT2D eigenvalue weighted by molar-refractivity contribution is -0.137. The first-order valence-electron chi connectivity index (χ1n) is 5.83. The summed E-state index contributed by atoms with van der Waals surface area (Å²) < 4.78 is 52.0. The van der Waals surface area contributed by atoms with Crippen LogP contribution in [0.4, 0.5) is 23.4 Å². The summed E-state index contributed by atoms with van der Waals surface area (Å²) in [4.78, 5) is 16.0. The van der Waals surface area contributed by atoms with E-state index in [0.717, 1.165) is 0 Å². The SMILES string of the molecule is Cc1cnc(N)c(C(=O)c2cc(F)ccc2C(F)(F)F)c1. The maximum absolute atomic E-state index is 13.2. The molecule has 0 unspecified atom stereocenters. The number of nitrogen functional groups attached to an aromatic ring is 1. The number of pyridine rings is 1. The van der Waals surface area contributed by atoms with Gasteiger partial charge in [-0.2, -0.15) is 13.2 Å². The van der Waals surface area contributed by atoms with Crippen molar-refractivity contribution in [1.82, 2.24) is 4.98 Å².